The Morgan fingerprint density at radius 3 is 2.79 bits per heavy atom. The monoisotopic (exact) mass is 287 g/mol. The molecule has 0 unspecified atom stereocenters. The molecule has 0 aromatic carbocycles. The van der Waals surface area contributed by atoms with E-state index >= 15 is 0 Å². The molecule has 1 aliphatic carbocycles. The van der Waals surface area contributed by atoms with E-state index in [9.17, 15) is 13.2 Å². The number of nitrogens with one attached hydrogen (secondary N) is 1. The van der Waals surface area contributed by atoms with Gasteiger partial charge in [-0.05, 0) is 18.3 Å². The van der Waals surface area contributed by atoms with Gasteiger partial charge in [0.2, 0.25) is 10.0 Å². The molecule has 0 atom stereocenters. The highest BCUT2D eigenvalue weighted by Gasteiger charge is 2.33. The lowest BCUT2D eigenvalue weighted by Crippen LogP contribution is -2.39. The van der Waals surface area contributed by atoms with Crippen molar-refractivity contribution in [2.75, 3.05) is 6.54 Å². The fourth-order valence-electron chi connectivity index (χ4n) is 2.02. The number of carbonyl (C=O) groups is 1. The molecular formula is C11H17N3O4S. The van der Waals surface area contributed by atoms with Gasteiger partial charge in [-0.1, -0.05) is 13.3 Å². The van der Waals surface area contributed by atoms with Crippen LogP contribution in [0.4, 0.5) is 0 Å². The molecule has 0 radical (unpaired) electrons. The first-order valence-corrected chi connectivity index (χ1v) is 7.53. The quantitative estimate of drug-likeness (QED) is 0.790. The average Bonchev–Trinajstić information content (AvgIpc) is 2.72. The summed E-state index contributed by atoms with van der Waals surface area (Å²) in [6.07, 6.45) is 5.56. The van der Waals surface area contributed by atoms with Gasteiger partial charge in [0.05, 0.1) is 6.20 Å². The Kier molecular flexibility index (Phi) is 3.64. The van der Waals surface area contributed by atoms with E-state index in [2.05, 4.69) is 9.82 Å². The van der Waals surface area contributed by atoms with Gasteiger partial charge in [-0.3, -0.25) is 9.48 Å². The first kappa shape index (κ1) is 14.0. The van der Waals surface area contributed by atoms with Gasteiger partial charge in [0.1, 0.15) is 11.4 Å². The summed E-state index contributed by atoms with van der Waals surface area (Å²) >= 11 is 0. The van der Waals surface area contributed by atoms with Crippen molar-refractivity contribution < 1.29 is 18.3 Å². The summed E-state index contributed by atoms with van der Waals surface area (Å²) in [6, 6.07) is 0. The van der Waals surface area contributed by atoms with Crippen molar-refractivity contribution in [2.24, 2.45) is 5.41 Å². The Morgan fingerprint density at radius 1 is 1.58 bits per heavy atom. The topological polar surface area (TPSA) is 101 Å². The van der Waals surface area contributed by atoms with E-state index in [4.69, 9.17) is 5.11 Å². The summed E-state index contributed by atoms with van der Waals surface area (Å²) < 4.78 is 27.7. The first-order valence-electron chi connectivity index (χ1n) is 6.05. The van der Waals surface area contributed by atoms with E-state index < -0.39 is 16.0 Å². The van der Waals surface area contributed by atoms with Gasteiger partial charge >= 0.3 is 5.97 Å². The summed E-state index contributed by atoms with van der Waals surface area (Å²) in [4.78, 5) is 10.5. The van der Waals surface area contributed by atoms with Crippen LogP contribution in [0.3, 0.4) is 0 Å². The molecule has 1 fully saturated rings. The predicted molar refractivity (Wildman–Crippen MR) is 67.0 cm³/mol. The van der Waals surface area contributed by atoms with Gasteiger partial charge in [-0.25, -0.2) is 13.1 Å². The van der Waals surface area contributed by atoms with Gasteiger partial charge in [0.15, 0.2) is 0 Å². The molecule has 1 heterocycles. The van der Waals surface area contributed by atoms with Crippen LogP contribution in [0.2, 0.25) is 0 Å². The van der Waals surface area contributed by atoms with Crippen molar-refractivity contribution in [1.29, 1.82) is 0 Å². The van der Waals surface area contributed by atoms with Crippen molar-refractivity contribution in [1.82, 2.24) is 14.5 Å². The second kappa shape index (κ2) is 4.93. The minimum absolute atomic E-state index is 0.00308. The number of nitrogens with zero attached hydrogens (tertiary/aromatic N) is 2. The van der Waals surface area contributed by atoms with Gasteiger partial charge < -0.3 is 5.11 Å². The Morgan fingerprint density at radius 2 is 2.26 bits per heavy atom. The van der Waals surface area contributed by atoms with Crippen LogP contribution in [0.1, 0.15) is 26.2 Å². The van der Waals surface area contributed by atoms with Crippen molar-refractivity contribution >= 4 is 16.0 Å². The number of hydrogen-bond acceptors (Lipinski definition) is 4. The Bertz CT molecular complexity index is 575. The van der Waals surface area contributed by atoms with Crippen molar-refractivity contribution in [3.05, 3.63) is 12.4 Å². The minimum Gasteiger partial charge on any atom is -0.480 e. The zero-order valence-corrected chi connectivity index (χ0v) is 11.5. The van der Waals surface area contributed by atoms with Gasteiger partial charge in [-0.15, -0.1) is 0 Å². The van der Waals surface area contributed by atoms with Crippen molar-refractivity contribution in [2.45, 2.75) is 37.6 Å². The number of aliphatic carboxylic acids is 1. The summed E-state index contributed by atoms with van der Waals surface area (Å²) in [5.41, 5.74) is 0.0458. The third kappa shape index (κ3) is 3.32. The fourth-order valence-corrected chi connectivity index (χ4v) is 3.17. The van der Waals surface area contributed by atoms with Crippen LogP contribution in [0.5, 0.6) is 0 Å². The molecular weight excluding hydrogens is 270 g/mol. The van der Waals surface area contributed by atoms with Crippen LogP contribution in [0.25, 0.3) is 0 Å². The molecule has 2 rings (SSSR count). The molecule has 8 heteroatoms. The van der Waals surface area contributed by atoms with E-state index in [0.29, 0.717) is 6.54 Å². The maximum atomic E-state index is 12.0. The van der Waals surface area contributed by atoms with Crippen LogP contribution in [-0.2, 0) is 21.4 Å². The summed E-state index contributed by atoms with van der Waals surface area (Å²) in [7, 11) is -3.61. The zero-order valence-electron chi connectivity index (χ0n) is 10.7. The van der Waals surface area contributed by atoms with E-state index in [1.54, 1.807) is 0 Å². The Hall–Kier alpha value is -1.41. The highest BCUT2D eigenvalue weighted by atomic mass is 32.2. The molecule has 1 aromatic heterocycles. The lowest BCUT2D eigenvalue weighted by atomic mass is 9.71. The van der Waals surface area contributed by atoms with Crippen LogP contribution < -0.4 is 4.72 Å². The summed E-state index contributed by atoms with van der Waals surface area (Å²) in [5.74, 6) is -1.07. The standard InChI is InChI=1S/C11H17N3O4S/c1-11(3-2-4-11)8-13-19(17,18)9-5-12-14(6-9)7-10(15)16/h5-6,13H,2-4,7-8H2,1H3,(H,15,16). The molecule has 1 aliphatic rings. The minimum atomic E-state index is -3.61. The van der Waals surface area contributed by atoms with Crippen LogP contribution in [0, 0.1) is 5.41 Å². The number of carboxylic acids is 1. The highest BCUT2D eigenvalue weighted by Crippen LogP contribution is 2.39. The molecule has 0 spiro atoms. The van der Waals surface area contributed by atoms with Crippen molar-refractivity contribution in [3.8, 4) is 0 Å². The summed E-state index contributed by atoms with van der Waals surface area (Å²) in [6.45, 7) is 2.10. The molecule has 2 N–H and O–H groups in total. The number of carboxylic acid groups (broad SMARTS) is 1. The SMILES string of the molecule is CC1(CNS(=O)(=O)c2cnn(CC(=O)O)c2)CCC1. The first-order chi connectivity index (χ1) is 8.81. The molecule has 0 aliphatic heterocycles. The third-order valence-corrected chi connectivity index (χ3v) is 4.82. The maximum Gasteiger partial charge on any atom is 0.325 e. The smallest absolute Gasteiger partial charge is 0.325 e. The number of sulfonamides is 1. The van der Waals surface area contributed by atoms with Crippen LogP contribution >= 0.6 is 0 Å². The number of hydrogen-bond donors (Lipinski definition) is 2. The Balaban J connectivity index is 2.02. The van der Waals surface area contributed by atoms with Gasteiger partial charge in [0.25, 0.3) is 0 Å². The second-order valence-corrected chi connectivity index (χ2v) is 7.02. The van der Waals surface area contributed by atoms with E-state index in [-0.39, 0.29) is 16.9 Å². The van der Waals surface area contributed by atoms with Crippen molar-refractivity contribution in [3.63, 3.8) is 0 Å². The molecule has 1 aromatic rings. The fraction of sp³-hybridized carbons (Fsp3) is 0.636. The lowest BCUT2D eigenvalue weighted by molar-refractivity contribution is -0.137. The lowest BCUT2D eigenvalue weighted by Gasteiger charge is -2.38. The molecule has 7 nitrogen and oxygen atoms in total. The molecule has 0 saturated heterocycles. The van der Waals surface area contributed by atoms with E-state index in [1.807, 2.05) is 6.92 Å². The molecule has 0 bridgehead atoms. The maximum absolute atomic E-state index is 12.0. The zero-order chi connectivity index (χ0) is 14.1. The molecule has 0 amide bonds. The highest BCUT2D eigenvalue weighted by molar-refractivity contribution is 7.89. The normalized spacial score (nSPS) is 17.9. The molecule has 19 heavy (non-hydrogen) atoms. The van der Waals surface area contributed by atoms with Crippen LogP contribution in [-0.4, -0.2) is 35.8 Å². The number of rotatable bonds is 6. The Labute approximate surface area is 111 Å². The molecule has 1 saturated carbocycles. The largest absolute Gasteiger partial charge is 0.480 e. The van der Waals surface area contributed by atoms with Gasteiger partial charge in [0, 0.05) is 12.7 Å². The van der Waals surface area contributed by atoms with E-state index in [0.717, 1.165) is 30.1 Å². The third-order valence-electron chi connectivity index (χ3n) is 3.47. The average molecular weight is 287 g/mol. The van der Waals surface area contributed by atoms with E-state index in [1.165, 1.54) is 6.20 Å². The summed E-state index contributed by atoms with van der Waals surface area (Å²) in [5, 5.41) is 12.3. The molecule has 106 valence electrons. The number of aromatic nitrogens is 2. The predicted octanol–water partition coefficient (Wildman–Crippen LogP) is 0.436. The van der Waals surface area contributed by atoms with Crippen LogP contribution in [0.15, 0.2) is 17.3 Å². The second-order valence-electron chi connectivity index (χ2n) is 5.26. The van der Waals surface area contributed by atoms with Gasteiger partial charge in [-0.2, -0.15) is 5.10 Å².